The Bertz CT molecular complexity index is 376. The smallest absolute Gasteiger partial charge is 0.222 e. The molecule has 0 spiro atoms. The molecule has 0 unspecified atom stereocenters. The number of rotatable bonds is 13. The molecule has 122 valence electrons. The van der Waals surface area contributed by atoms with Crippen molar-refractivity contribution in [1.29, 1.82) is 0 Å². The van der Waals surface area contributed by atoms with Crippen LogP contribution in [-0.2, 0) is 21.3 Å². The molecule has 2 N–H and O–H groups in total. The maximum Gasteiger partial charge on any atom is 0.222 e. The minimum atomic E-state index is 0.424. The van der Waals surface area contributed by atoms with Crippen molar-refractivity contribution in [1.82, 2.24) is 14.8 Å². The first-order valence-electron chi connectivity index (χ1n) is 7.26. The molecular formula is C13H26N4O3S. The highest BCUT2D eigenvalue weighted by atomic mass is 32.2. The lowest BCUT2D eigenvalue weighted by molar-refractivity contribution is 0.0169. The van der Waals surface area contributed by atoms with Crippen LogP contribution in [-0.4, -0.2) is 60.2 Å². The van der Waals surface area contributed by atoms with Crippen molar-refractivity contribution in [3.8, 4) is 0 Å². The number of unbranched alkanes of at least 4 members (excludes halogenated alkanes) is 1. The van der Waals surface area contributed by atoms with Crippen LogP contribution >= 0.6 is 11.8 Å². The zero-order valence-corrected chi connectivity index (χ0v) is 13.7. The number of aromatic nitrogens is 3. The molecule has 0 radical (unpaired) electrons. The molecule has 0 saturated carbocycles. The summed E-state index contributed by atoms with van der Waals surface area (Å²) >= 11 is 1.57. The molecule has 7 nitrogen and oxygen atoms in total. The van der Waals surface area contributed by atoms with Crippen molar-refractivity contribution >= 4 is 17.7 Å². The van der Waals surface area contributed by atoms with E-state index in [1.165, 1.54) is 0 Å². The number of ether oxygens (including phenoxy) is 3. The van der Waals surface area contributed by atoms with E-state index in [0.717, 1.165) is 30.4 Å². The van der Waals surface area contributed by atoms with Gasteiger partial charge in [0.05, 0.1) is 33.0 Å². The molecule has 0 aliphatic rings. The van der Waals surface area contributed by atoms with E-state index < -0.39 is 0 Å². The fourth-order valence-corrected chi connectivity index (χ4v) is 2.20. The standard InChI is InChI=1S/C13H26N4O3S/c1-3-4-5-18-6-7-19-8-9-20-10-11-21-13-16-15-12(14)17(13)2/h3-11H2,1-2H3,(H2,14,15). The number of thioether (sulfide) groups is 1. The second-order valence-electron chi connectivity index (χ2n) is 4.44. The number of nitrogen functional groups attached to an aromatic ring is 1. The summed E-state index contributed by atoms with van der Waals surface area (Å²) in [6.07, 6.45) is 2.27. The van der Waals surface area contributed by atoms with E-state index in [2.05, 4.69) is 17.1 Å². The normalized spacial score (nSPS) is 11.1. The monoisotopic (exact) mass is 318 g/mol. The molecule has 0 aromatic carbocycles. The summed E-state index contributed by atoms with van der Waals surface area (Å²) in [5.41, 5.74) is 5.60. The van der Waals surface area contributed by atoms with Gasteiger partial charge in [0.1, 0.15) is 0 Å². The van der Waals surface area contributed by atoms with Crippen LogP contribution in [0.4, 0.5) is 5.95 Å². The highest BCUT2D eigenvalue weighted by Crippen LogP contribution is 2.15. The molecule has 0 aliphatic heterocycles. The van der Waals surface area contributed by atoms with Crippen LogP contribution in [0.25, 0.3) is 0 Å². The Labute approximate surface area is 130 Å². The van der Waals surface area contributed by atoms with Crippen molar-refractivity contribution in [2.45, 2.75) is 24.9 Å². The van der Waals surface area contributed by atoms with Crippen molar-refractivity contribution in [2.75, 3.05) is 51.1 Å². The predicted octanol–water partition coefficient (Wildman–Crippen LogP) is 1.34. The molecule has 0 bridgehead atoms. The van der Waals surface area contributed by atoms with Gasteiger partial charge in [0.25, 0.3) is 0 Å². The van der Waals surface area contributed by atoms with Crippen molar-refractivity contribution in [3.63, 3.8) is 0 Å². The van der Waals surface area contributed by atoms with E-state index in [1.54, 1.807) is 16.3 Å². The van der Waals surface area contributed by atoms with Crippen molar-refractivity contribution in [3.05, 3.63) is 0 Å². The van der Waals surface area contributed by atoms with E-state index in [1.807, 2.05) is 7.05 Å². The van der Waals surface area contributed by atoms with E-state index in [-0.39, 0.29) is 0 Å². The van der Waals surface area contributed by atoms with Crippen LogP contribution in [0, 0.1) is 0 Å². The Morgan fingerprint density at radius 3 is 2.19 bits per heavy atom. The minimum absolute atomic E-state index is 0.424. The van der Waals surface area contributed by atoms with Gasteiger partial charge >= 0.3 is 0 Å². The van der Waals surface area contributed by atoms with Gasteiger partial charge in [0.2, 0.25) is 5.95 Å². The third-order valence-corrected chi connectivity index (χ3v) is 3.70. The summed E-state index contributed by atoms with van der Waals surface area (Å²) in [5.74, 6) is 1.24. The third-order valence-electron chi connectivity index (χ3n) is 2.71. The Kier molecular flexibility index (Phi) is 10.2. The van der Waals surface area contributed by atoms with E-state index in [4.69, 9.17) is 19.9 Å². The molecule has 0 fully saturated rings. The van der Waals surface area contributed by atoms with E-state index in [9.17, 15) is 0 Å². The average Bonchev–Trinajstić information content (AvgIpc) is 2.80. The number of hydrogen-bond acceptors (Lipinski definition) is 7. The van der Waals surface area contributed by atoms with Crippen LogP contribution in [0.15, 0.2) is 5.16 Å². The van der Waals surface area contributed by atoms with Gasteiger partial charge in [-0.05, 0) is 6.42 Å². The third kappa shape index (κ3) is 8.25. The lowest BCUT2D eigenvalue weighted by Crippen LogP contribution is -2.10. The molecule has 1 heterocycles. The Morgan fingerprint density at radius 2 is 1.62 bits per heavy atom. The predicted molar refractivity (Wildman–Crippen MR) is 83.5 cm³/mol. The number of nitrogens with zero attached hydrogens (tertiary/aromatic N) is 3. The molecular weight excluding hydrogens is 292 g/mol. The first kappa shape index (κ1) is 18.2. The molecule has 0 amide bonds. The summed E-state index contributed by atoms with van der Waals surface area (Å²) < 4.78 is 18.0. The molecule has 0 atom stereocenters. The number of anilines is 1. The lowest BCUT2D eigenvalue weighted by atomic mass is 10.4. The van der Waals surface area contributed by atoms with Crippen molar-refractivity contribution in [2.24, 2.45) is 7.05 Å². The second-order valence-corrected chi connectivity index (χ2v) is 5.50. The quantitative estimate of drug-likeness (QED) is 0.434. The average molecular weight is 318 g/mol. The summed E-state index contributed by atoms with van der Waals surface area (Å²) in [6, 6.07) is 0. The highest BCUT2D eigenvalue weighted by Gasteiger charge is 2.05. The maximum absolute atomic E-state index is 5.60. The summed E-state index contributed by atoms with van der Waals surface area (Å²) in [6.45, 7) is 6.08. The zero-order valence-electron chi connectivity index (χ0n) is 12.9. The van der Waals surface area contributed by atoms with Crippen LogP contribution in [0.3, 0.4) is 0 Å². The number of hydrogen-bond donors (Lipinski definition) is 1. The zero-order chi connectivity index (χ0) is 15.3. The summed E-state index contributed by atoms with van der Waals surface area (Å²) in [7, 11) is 1.84. The first-order valence-corrected chi connectivity index (χ1v) is 8.25. The van der Waals surface area contributed by atoms with E-state index in [0.29, 0.717) is 39.0 Å². The van der Waals surface area contributed by atoms with Gasteiger partial charge in [-0.25, -0.2) is 0 Å². The fourth-order valence-electron chi connectivity index (χ4n) is 1.43. The summed E-state index contributed by atoms with van der Waals surface area (Å²) in [5, 5.41) is 8.55. The molecule has 21 heavy (non-hydrogen) atoms. The first-order chi connectivity index (χ1) is 10.3. The van der Waals surface area contributed by atoms with Crippen LogP contribution in [0.5, 0.6) is 0 Å². The molecule has 8 heteroatoms. The van der Waals surface area contributed by atoms with Gasteiger partial charge in [-0.1, -0.05) is 25.1 Å². The topological polar surface area (TPSA) is 84.4 Å². The molecule has 0 saturated heterocycles. The van der Waals surface area contributed by atoms with Gasteiger partial charge in [-0.3, -0.25) is 4.57 Å². The second kappa shape index (κ2) is 11.8. The molecule has 1 rings (SSSR count). The van der Waals surface area contributed by atoms with Gasteiger partial charge < -0.3 is 19.9 Å². The maximum atomic E-state index is 5.60. The summed E-state index contributed by atoms with van der Waals surface area (Å²) in [4.78, 5) is 0. The van der Waals surface area contributed by atoms with Crippen LogP contribution in [0.1, 0.15) is 19.8 Å². The molecule has 1 aromatic rings. The van der Waals surface area contributed by atoms with E-state index >= 15 is 0 Å². The Morgan fingerprint density at radius 1 is 1.00 bits per heavy atom. The lowest BCUT2D eigenvalue weighted by Gasteiger charge is -2.06. The fraction of sp³-hybridized carbons (Fsp3) is 0.846. The van der Waals surface area contributed by atoms with Gasteiger partial charge in [0.15, 0.2) is 5.16 Å². The molecule has 0 aliphatic carbocycles. The van der Waals surface area contributed by atoms with Crippen molar-refractivity contribution < 1.29 is 14.2 Å². The Hall–Kier alpha value is -0.830. The SMILES string of the molecule is CCCCOCCOCCOCCSc1nnc(N)n1C. The van der Waals surface area contributed by atoms with Crippen LogP contribution in [0.2, 0.25) is 0 Å². The largest absolute Gasteiger partial charge is 0.379 e. The van der Waals surface area contributed by atoms with Gasteiger partial charge in [-0.15, -0.1) is 10.2 Å². The van der Waals surface area contributed by atoms with Gasteiger partial charge in [-0.2, -0.15) is 0 Å². The van der Waals surface area contributed by atoms with Gasteiger partial charge in [0, 0.05) is 19.4 Å². The Balaban J connectivity index is 1.84. The van der Waals surface area contributed by atoms with Crippen LogP contribution < -0.4 is 5.73 Å². The highest BCUT2D eigenvalue weighted by molar-refractivity contribution is 7.99. The number of nitrogens with two attached hydrogens (primary N) is 1. The minimum Gasteiger partial charge on any atom is -0.379 e. The molecule has 1 aromatic heterocycles.